The molecule has 2 N–H and O–H groups in total. The largest absolute Gasteiger partial charge is 0.436 e. The number of sulfonamides is 1. The van der Waals surface area contributed by atoms with Crippen molar-refractivity contribution in [2.45, 2.75) is 29.4 Å². The van der Waals surface area contributed by atoms with Gasteiger partial charge in [-0.15, -0.1) is 0 Å². The molecule has 1 unspecified atom stereocenters. The average Bonchev–Trinajstić information content (AvgIpc) is 2.60. The van der Waals surface area contributed by atoms with Gasteiger partial charge in [0.15, 0.2) is 0 Å². The predicted molar refractivity (Wildman–Crippen MR) is 87.5 cm³/mol. The molecule has 2 aromatic rings. The monoisotopic (exact) mass is 438 g/mol. The third-order valence-corrected chi connectivity index (χ3v) is 5.23. The molecule has 0 bridgehead atoms. The summed E-state index contributed by atoms with van der Waals surface area (Å²) in [6.45, 7) is 0. The van der Waals surface area contributed by atoms with E-state index in [4.69, 9.17) is 5.26 Å². The van der Waals surface area contributed by atoms with Crippen LogP contribution in [0.1, 0.15) is 16.7 Å². The van der Waals surface area contributed by atoms with E-state index in [1.807, 2.05) is 0 Å². The molecule has 2 aromatic carbocycles. The Balaban J connectivity index is 2.57. The minimum Gasteiger partial charge on any atom is -0.363 e. The van der Waals surface area contributed by atoms with Gasteiger partial charge in [-0.1, -0.05) is 24.3 Å². The standard InChI is InChI=1S/C17H12F6N2O3S/c18-16(19,20)13-5-2-4-12(10-13)15(26,17(21,22)23)25-29(27,28)14-6-1-3-11(9-14)7-8-24/h1-6,9-10,25-26H,7H2. The number of nitrogens with one attached hydrogen (secondary N) is 1. The Labute approximate surface area is 161 Å². The van der Waals surface area contributed by atoms with Crippen molar-refractivity contribution < 1.29 is 39.9 Å². The Hall–Kier alpha value is -2.62. The lowest BCUT2D eigenvalue weighted by Crippen LogP contribution is -2.56. The number of aliphatic hydroxyl groups is 1. The number of hydrogen-bond donors (Lipinski definition) is 2. The van der Waals surface area contributed by atoms with Gasteiger partial charge in [-0.05, 0) is 29.8 Å². The molecule has 156 valence electrons. The number of nitrogens with zero attached hydrogens (tertiary/aromatic N) is 1. The molecule has 0 aromatic heterocycles. The van der Waals surface area contributed by atoms with Gasteiger partial charge in [0.2, 0.25) is 10.0 Å². The second kappa shape index (κ2) is 7.66. The zero-order chi connectivity index (χ0) is 22.1. The third kappa shape index (κ3) is 4.87. The molecule has 0 amide bonds. The van der Waals surface area contributed by atoms with Crippen molar-refractivity contribution in [1.82, 2.24) is 4.72 Å². The van der Waals surface area contributed by atoms with E-state index >= 15 is 0 Å². The molecule has 0 saturated carbocycles. The van der Waals surface area contributed by atoms with E-state index in [0.717, 1.165) is 22.9 Å². The maximum atomic E-state index is 13.6. The van der Waals surface area contributed by atoms with Crippen molar-refractivity contribution in [2.24, 2.45) is 0 Å². The van der Waals surface area contributed by atoms with Crippen LogP contribution in [0.3, 0.4) is 0 Å². The van der Waals surface area contributed by atoms with Gasteiger partial charge in [-0.2, -0.15) is 36.3 Å². The molecule has 1 atom stereocenters. The van der Waals surface area contributed by atoms with Gasteiger partial charge in [-0.25, -0.2) is 8.42 Å². The number of hydrogen-bond acceptors (Lipinski definition) is 4. The molecule has 0 fully saturated rings. The topological polar surface area (TPSA) is 90.2 Å². The molecular formula is C17H12F6N2O3S. The first-order valence-corrected chi connectivity index (χ1v) is 9.16. The lowest BCUT2D eigenvalue weighted by Gasteiger charge is -2.31. The Morgan fingerprint density at radius 3 is 2.10 bits per heavy atom. The van der Waals surface area contributed by atoms with E-state index in [9.17, 15) is 39.9 Å². The summed E-state index contributed by atoms with van der Waals surface area (Å²) in [5.41, 5.74) is -7.03. The Morgan fingerprint density at radius 2 is 1.55 bits per heavy atom. The van der Waals surface area contributed by atoms with E-state index in [-0.39, 0.29) is 18.1 Å². The summed E-state index contributed by atoms with van der Waals surface area (Å²) in [6.07, 6.45) is -11.0. The quantitative estimate of drug-likeness (QED) is 0.553. The fourth-order valence-corrected chi connectivity index (χ4v) is 3.67. The number of benzene rings is 2. The lowest BCUT2D eigenvalue weighted by molar-refractivity contribution is -0.271. The molecule has 0 aliphatic carbocycles. The van der Waals surface area contributed by atoms with Crippen LogP contribution in [0, 0.1) is 11.3 Å². The van der Waals surface area contributed by atoms with Crippen LogP contribution in [0.4, 0.5) is 26.3 Å². The number of nitriles is 1. The van der Waals surface area contributed by atoms with Crippen LogP contribution >= 0.6 is 0 Å². The highest BCUT2D eigenvalue weighted by molar-refractivity contribution is 7.89. The van der Waals surface area contributed by atoms with Crippen LogP contribution in [0.2, 0.25) is 0 Å². The molecule has 0 aliphatic rings. The van der Waals surface area contributed by atoms with E-state index < -0.39 is 44.1 Å². The first-order chi connectivity index (χ1) is 13.2. The zero-order valence-electron chi connectivity index (χ0n) is 14.2. The van der Waals surface area contributed by atoms with Crippen LogP contribution in [0.5, 0.6) is 0 Å². The Morgan fingerprint density at radius 1 is 0.966 bits per heavy atom. The lowest BCUT2D eigenvalue weighted by atomic mass is 10.0. The van der Waals surface area contributed by atoms with Crippen molar-refractivity contribution in [3.8, 4) is 6.07 Å². The second-order valence-electron chi connectivity index (χ2n) is 5.87. The molecule has 29 heavy (non-hydrogen) atoms. The van der Waals surface area contributed by atoms with Gasteiger partial charge in [0.05, 0.1) is 22.9 Å². The smallest absolute Gasteiger partial charge is 0.363 e. The second-order valence-corrected chi connectivity index (χ2v) is 7.56. The SMILES string of the molecule is N#CCc1cccc(S(=O)(=O)NC(O)(c2cccc(C(F)(F)F)c2)C(F)(F)F)c1. The summed E-state index contributed by atoms with van der Waals surface area (Å²) in [7, 11) is -5.05. The third-order valence-electron chi connectivity index (χ3n) is 3.79. The number of halogens is 6. The fraction of sp³-hybridized carbons (Fsp3) is 0.235. The van der Waals surface area contributed by atoms with Gasteiger partial charge >= 0.3 is 12.4 Å². The summed E-state index contributed by atoms with van der Waals surface area (Å²) in [6, 6.07) is 7.66. The van der Waals surface area contributed by atoms with Gasteiger partial charge < -0.3 is 5.11 Å². The van der Waals surface area contributed by atoms with Crippen molar-refractivity contribution in [2.75, 3.05) is 0 Å². The normalized spacial score (nSPS) is 14.8. The van der Waals surface area contributed by atoms with E-state index in [1.165, 1.54) is 6.07 Å². The van der Waals surface area contributed by atoms with E-state index in [2.05, 4.69) is 0 Å². The average molecular weight is 438 g/mol. The highest BCUT2D eigenvalue weighted by Crippen LogP contribution is 2.40. The molecular weight excluding hydrogens is 426 g/mol. The predicted octanol–water partition coefficient (Wildman–Crippen LogP) is 3.46. The summed E-state index contributed by atoms with van der Waals surface area (Å²) >= 11 is 0. The molecule has 2 rings (SSSR count). The minimum absolute atomic E-state index is 0.00210. The first kappa shape index (κ1) is 22.7. The fourth-order valence-electron chi connectivity index (χ4n) is 2.37. The molecule has 12 heteroatoms. The highest BCUT2D eigenvalue weighted by atomic mass is 32.2. The Bertz CT molecular complexity index is 1040. The summed E-state index contributed by atoms with van der Waals surface area (Å²) in [5, 5.41) is 18.8. The first-order valence-electron chi connectivity index (χ1n) is 7.67. The number of rotatable bonds is 5. The van der Waals surface area contributed by atoms with Crippen molar-refractivity contribution >= 4 is 10.0 Å². The summed E-state index contributed by atoms with van der Waals surface area (Å²) in [4.78, 5) is -0.708. The van der Waals surface area contributed by atoms with Crippen LogP contribution in [0.15, 0.2) is 53.4 Å². The Kier molecular flexibility index (Phi) is 5.99. The zero-order valence-corrected chi connectivity index (χ0v) is 15.0. The van der Waals surface area contributed by atoms with Gasteiger partial charge in [0.1, 0.15) is 0 Å². The molecule has 0 spiro atoms. The molecule has 0 heterocycles. The van der Waals surface area contributed by atoms with Gasteiger partial charge in [-0.3, -0.25) is 0 Å². The van der Waals surface area contributed by atoms with Crippen LogP contribution in [0.25, 0.3) is 0 Å². The van der Waals surface area contributed by atoms with E-state index in [1.54, 1.807) is 6.07 Å². The van der Waals surface area contributed by atoms with Crippen LogP contribution in [-0.2, 0) is 28.3 Å². The van der Waals surface area contributed by atoms with Crippen LogP contribution in [-0.4, -0.2) is 19.7 Å². The highest BCUT2D eigenvalue weighted by Gasteiger charge is 2.58. The molecule has 0 radical (unpaired) electrons. The van der Waals surface area contributed by atoms with Crippen LogP contribution < -0.4 is 4.72 Å². The molecule has 0 aliphatic heterocycles. The van der Waals surface area contributed by atoms with Gasteiger partial charge in [0.25, 0.3) is 5.72 Å². The number of alkyl halides is 6. The minimum atomic E-state index is -5.70. The van der Waals surface area contributed by atoms with Gasteiger partial charge in [0, 0.05) is 5.56 Å². The van der Waals surface area contributed by atoms with E-state index in [0.29, 0.717) is 18.2 Å². The van der Waals surface area contributed by atoms with Crippen molar-refractivity contribution in [3.05, 3.63) is 65.2 Å². The maximum Gasteiger partial charge on any atom is 0.436 e. The van der Waals surface area contributed by atoms with Crippen molar-refractivity contribution in [3.63, 3.8) is 0 Å². The molecule has 5 nitrogen and oxygen atoms in total. The summed E-state index contributed by atoms with van der Waals surface area (Å²) in [5.74, 6) is 0. The summed E-state index contributed by atoms with van der Waals surface area (Å²) < 4.78 is 105. The maximum absolute atomic E-state index is 13.6. The molecule has 0 saturated heterocycles. The van der Waals surface area contributed by atoms with Crippen molar-refractivity contribution in [1.29, 1.82) is 5.26 Å².